The summed E-state index contributed by atoms with van der Waals surface area (Å²) in [5.41, 5.74) is 0.276. The first kappa shape index (κ1) is 5.69. The second-order valence-corrected chi connectivity index (χ2v) is 3.09. The summed E-state index contributed by atoms with van der Waals surface area (Å²) in [6, 6.07) is 0.589. The topological polar surface area (TPSA) is 21.3 Å². The SMILES string of the molecule is CC1NCCOC12CC2. The van der Waals surface area contributed by atoms with Crippen LogP contribution >= 0.6 is 0 Å². The van der Waals surface area contributed by atoms with Crippen molar-refractivity contribution in [2.45, 2.75) is 31.4 Å². The average Bonchev–Trinajstić information content (AvgIpc) is 2.60. The van der Waals surface area contributed by atoms with Crippen LogP contribution in [0.15, 0.2) is 0 Å². The van der Waals surface area contributed by atoms with Crippen molar-refractivity contribution in [2.24, 2.45) is 0 Å². The predicted octanol–water partition coefficient (Wildman–Crippen LogP) is 0.527. The fraction of sp³-hybridized carbons (Fsp3) is 1.00. The molecule has 0 bridgehead atoms. The normalized spacial score (nSPS) is 39.0. The average molecular weight is 127 g/mol. The fourth-order valence-corrected chi connectivity index (χ4v) is 1.54. The highest BCUT2D eigenvalue weighted by atomic mass is 16.5. The minimum Gasteiger partial charge on any atom is -0.372 e. The molecule has 0 aromatic rings. The van der Waals surface area contributed by atoms with Crippen molar-refractivity contribution in [1.29, 1.82) is 0 Å². The van der Waals surface area contributed by atoms with Crippen LogP contribution in [-0.2, 0) is 4.74 Å². The molecule has 0 radical (unpaired) electrons. The lowest BCUT2D eigenvalue weighted by atomic mass is 10.1. The Balaban J connectivity index is 2.03. The molecule has 1 saturated heterocycles. The Hall–Kier alpha value is -0.0800. The van der Waals surface area contributed by atoms with Gasteiger partial charge in [-0.1, -0.05) is 0 Å². The van der Waals surface area contributed by atoms with Gasteiger partial charge in [0.15, 0.2) is 0 Å². The molecule has 0 aromatic heterocycles. The van der Waals surface area contributed by atoms with Crippen molar-refractivity contribution in [1.82, 2.24) is 5.32 Å². The predicted molar refractivity (Wildman–Crippen MR) is 35.4 cm³/mol. The van der Waals surface area contributed by atoms with E-state index >= 15 is 0 Å². The van der Waals surface area contributed by atoms with E-state index < -0.39 is 0 Å². The van der Waals surface area contributed by atoms with Gasteiger partial charge >= 0.3 is 0 Å². The maximum absolute atomic E-state index is 5.63. The van der Waals surface area contributed by atoms with Crippen LogP contribution in [0.5, 0.6) is 0 Å². The number of ether oxygens (including phenoxy) is 1. The molecule has 1 atom stereocenters. The summed E-state index contributed by atoms with van der Waals surface area (Å²) in [5, 5.41) is 3.41. The summed E-state index contributed by atoms with van der Waals surface area (Å²) in [4.78, 5) is 0. The van der Waals surface area contributed by atoms with Crippen LogP contribution in [0.4, 0.5) is 0 Å². The molecule has 52 valence electrons. The molecule has 2 heteroatoms. The third kappa shape index (κ3) is 0.775. The number of rotatable bonds is 0. The summed E-state index contributed by atoms with van der Waals surface area (Å²) in [6.45, 7) is 4.15. The van der Waals surface area contributed by atoms with Crippen molar-refractivity contribution < 1.29 is 4.74 Å². The van der Waals surface area contributed by atoms with Crippen molar-refractivity contribution in [3.05, 3.63) is 0 Å². The molecule has 1 spiro atoms. The van der Waals surface area contributed by atoms with Crippen LogP contribution in [0, 0.1) is 0 Å². The van der Waals surface area contributed by atoms with E-state index in [9.17, 15) is 0 Å². The van der Waals surface area contributed by atoms with Crippen molar-refractivity contribution in [2.75, 3.05) is 13.2 Å². The Bertz CT molecular complexity index is 120. The van der Waals surface area contributed by atoms with Gasteiger partial charge < -0.3 is 10.1 Å². The molecule has 2 nitrogen and oxygen atoms in total. The molecule has 1 aliphatic heterocycles. The van der Waals surface area contributed by atoms with E-state index in [0.29, 0.717) is 6.04 Å². The lowest BCUT2D eigenvalue weighted by Gasteiger charge is -2.30. The van der Waals surface area contributed by atoms with Crippen LogP contribution in [-0.4, -0.2) is 24.8 Å². The first-order valence-corrected chi connectivity index (χ1v) is 3.71. The van der Waals surface area contributed by atoms with E-state index in [1.54, 1.807) is 0 Å². The minimum atomic E-state index is 0.276. The van der Waals surface area contributed by atoms with Crippen LogP contribution in [0.2, 0.25) is 0 Å². The molecule has 0 aromatic carbocycles. The lowest BCUT2D eigenvalue weighted by Crippen LogP contribution is -2.48. The Labute approximate surface area is 55.6 Å². The molecule has 1 saturated carbocycles. The molecule has 0 amide bonds. The standard InChI is InChI=1S/C7H13NO/c1-6-7(2-3-7)9-5-4-8-6/h6,8H,2-5H2,1H3. The van der Waals surface area contributed by atoms with E-state index in [0.717, 1.165) is 13.2 Å². The van der Waals surface area contributed by atoms with E-state index in [1.807, 2.05) is 0 Å². The molecule has 2 fully saturated rings. The quantitative estimate of drug-likeness (QED) is 0.512. The van der Waals surface area contributed by atoms with Gasteiger partial charge in [-0.15, -0.1) is 0 Å². The van der Waals surface area contributed by atoms with Crippen molar-refractivity contribution in [3.8, 4) is 0 Å². The highest BCUT2D eigenvalue weighted by Gasteiger charge is 2.50. The second kappa shape index (κ2) is 1.70. The van der Waals surface area contributed by atoms with E-state index in [1.165, 1.54) is 12.8 Å². The van der Waals surface area contributed by atoms with Gasteiger partial charge in [-0.3, -0.25) is 0 Å². The molecular formula is C7H13NO. The van der Waals surface area contributed by atoms with Gasteiger partial charge in [-0.2, -0.15) is 0 Å². The van der Waals surface area contributed by atoms with Crippen molar-refractivity contribution in [3.63, 3.8) is 0 Å². The first-order valence-electron chi connectivity index (χ1n) is 3.71. The molecule has 2 rings (SSSR count). The van der Waals surface area contributed by atoms with Crippen molar-refractivity contribution >= 4 is 0 Å². The maximum atomic E-state index is 5.63. The zero-order valence-electron chi connectivity index (χ0n) is 5.81. The Morgan fingerprint density at radius 1 is 1.56 bits per heavy atom. The molecule has 1 heterocycles. The summed E-state index contributed by atoms with van der Waals surface area (Å²) in [7, 11) is 0. The van der Waals surface area contributed by atoms with Gasteiger partial charge in [0.25, 0.3) is 0 Å². The minimum absolute atomic E-state index is 0.276. The monoisotopic (exact) mass is 127 g/mol. The first-order chi connectivity index (χ1) is 4.33. The van der Waals surface area contributed by atoms with Gasteiger partial charge in [-0.25, -0.2) is 0 Å². The Morgan fingerprint density at radius 3 is 2.78 bits per heavy atom. The summed E-state index contributed by atoms with van der Waals surface area (Å²) < 4.78 is 5.63. The zero-order chi connectivity index (χ0) is 6.32. The van der Waals surface area contributed by atoms with E-state index in [2.05, 4.69) is 12.2 Å². The summed E-state index contributed by atoms with van der Waals surface area (Å²) in [5.74, 6) is 0. The van der Waals surface area contributed by atoms with E-state index in [-0.39, 0.29) is 5.60 Å². The van der Waals surface area contributed by atoms with Gasteiger partial charge in [0.1, 0.15) is 0 Å². The Kier molecular flexibility index (Phi) is 1.08. The fourth-order valence-electron chi connectivity index (χ4n) is 1.54. The number of hydrogen-bond acceptors (Lipinski definition) is 2. The Morgan fingerprint density at radius 2 is 2.33 bits per heavy atom. The number of hydrogen-bond donors (Lipinski definition) is 1. The smallest absolute Gasteiger partial charge is 0.0834 e. The van der Waals surface area contributed by atoms with Crippen LogP contribution in [0.1, 0.15) is 19.8 Å². The third-order valence-electron chi connectivity index (χ3n) is 2.47. The summed E-state index contributed by atoms with van der Waals surface area (Å²) in [6.07, 6.45) is 2.53. The largest absolute Gasteiger partial charge is 0.372 e. The highest BCUT2D eigenvalue weighted by Crippen LogP contribution is 2.43. The van der Waals surface area contributed by atoms with Crippen LogP contribution in [0.25, 0.3) is 0 Å². The molecule has 1 N–H and O–H groups in total. The highest BCUT2D eigenvalue weighted by molar-refractivity contribution is 5.04. The van der Waals surface area contributed by atoms with Gasteiger partial charge in [0, 0.05) is 12.6 Å². The maximum Gasteiger partial charge on any atom is 0.0834 e. The van der Waals surface area contributed by atoms with E-state index in [4.69, 9.17) is 4.74 Å². The molecule has 9 heavy (non-hydrogen) atoms. The second-order valence-electron chi connectivity index (χ2n) is 3.09. The molecule has 1 aliphatic carbocycles. The summed E-state index contributed by atoms with van der Waals surface area (Å²) >= 11 is 0. The number of morpholine rings is 1. The van der Waals surface area contributed by atoms with Crippen LogP contribution in [0.3, 0.4) is 0 Å². The van der Waals surface area contributed by atoms with Crippen LogP contribution < -0.4 is 5.32 Å². The third-order valence-corrected chi connectivity index (χ3v) is 2.47. The molecular weight excluding hydrogens is 114 g/mol. The zero-order valence-corrected chi connectivity index (χ0v) is 5.81. The van der Waals surface area contributed by atoms with Gasteiger partial charge in [-0.05, 0) is 19.8 Å². The lowest BCUT2D eigenvalue weighted by molar-refractivity contribution is -0.0191. The van der Waals surface area contributed by atoms with Gasteiger partial charge in [0.2, 0.25) is 0 Å². The molecule has 1 unspecified atom stereocenters. The number of nitrogens with one attached hydrogen (secondary N) is 1. The molecule has 2 aliphatic rings. The van der Waals surface area contributed by atoms with Gasteiger partial charge in [0.05, 0.1) is 12.2 Å².